The monoisotopic (exact) mass is 530 g/mol. The van der Waals surface area contributed by atoms with E-state index in [9.17, 15) is 23.8 Å². The Labute approximate surface area is 308 Å². The van der Waals surface area contributed by atoms with Crippen LogP contribution in [0.2, 0.25) is 0 Å². The van der Waals surface area contributed by atoms with Gasteiger partial charge in [0.05, 0.1) is 5.40 Å². The fourth-order valence-corrected chi connectivity index (χ4v) is 5.21. The Kier molecular flexibility index (Phi) is 24.4. The van der Waals surface area contributed by atoms with Gasteiger partial charge in [-0.15, -0.1) is 0 Å². The summed E-state index contributed by atoms with van der Waals surface area (Å²) in [5, 5.41) is -2.26. The van der Waals surface area contributed by atoms with Crippen molar-refractivity contribution in [1.29, 1.82) is 0 Å². The van der Waals surface area contributed by atoms with Crippen LogP contribution in [-0.4, -0.2) is 10.3 Å². The molecule has 11 heteroatoms. The number of aryl methyl sites for hydroxylation is 1. The molecular weight excluding hydrogens is 503 g/mol. The minimum Gasteiger partial charge on any atom is -0.810 e. The molecule has 1 aromatic rings. The SMILES string of the molecule is CC(C)=CCC/C(C)=C/c1cccc(CCCC(P(=O)([O-])[O-])P(=O)([O-])O)c1.[K+].[K+].[K+]. The minimum atomic E-state index is -5.40. The first-order valence-corrected chi connectivity index (χ1v) is 12.1. The van der Waals surface area contributed by atoms with Gasteiger partial charge in [0, 0.05) is 0 Å². The first kappa shape index (κ1) is 38.4. The molecule has 0 radical (unpaired) electrons. The van der Waals surface area contributed by atoms with E-state index in [2.05, 4.69) is 32.9 Å². The van der Waals surface area contributed by atoms with Gasteiger partial charge in [-0.1, -0.05) is 55.2 Å². The zero-order valence-corrected chi connectivity index (χ0v) is 30.1. The number of hydrogen-bond acceptors (Lipinski definition) is 5. The van der Waals surface area contributed by atoms with Crippen molar-refractivity contribution in [3.05, 3.63) is 52.6 Å². The van der Waals surface area contributed by atoms with Gasteiger partial charge < -0.3 is 28.7 Å². The molecule has 152 valence electrons. The maximum atomic E-state index is 11.1. The summed E-state index contributed by atoms with van der Waals surface area (Å²) >= 11 is 0. The molecule has 0 spiro atoms. The van der Waals surface area contributed by atoms with Crippen molar-refractivity contribution in [3.63, 3.8) is 0 Å². The van der Waals surface area contributed by atoms with Crippen LogP contribution in [0.25, 0.3) is 6.08 Å². The predicted molar refractivity (Wildman–Crippen MR) is 103 cm³/mol. The number of hydrogen-bond donors (Lipinski definition) is 1. The Balaban J connectivity index is -0.00000243. The Bertz CT molecular complexity index is 760. The van der Waals surface area contributed by atoms with Crippen LogP contribution in [0, 0.1) is 0 Å². The Hall–Kier alpha value is 3.91. The van der Waals surface area contributed by atoms with Crippen molar-refractivity contribution in [2.45, 2.75) is 58.3 Å². The van der Waals surface area contributed by atoms with Crippen LogP contribution in [0.3, 0.4) is 0 Å². The predicted octanol–water partition coefficient (Wildman–Crippen LogP) is -6.04. The average Bonchev–Trinajstić information content (AvgIpc) is 2.49. The van der Waals surface area contributed by atoms with Gasteiger partial charge in [0.1, 0.15) is 7.60 Å². The second kappa shape index (κ2) is 19.1. The van der Waals surface area contributed by atoms with E-state index in [1.807, 2.05) is 24.3 Å². The molecule has 0 amide bonds. The fourth-order valence-electron chi connectivity index (χ4n) is 2.77. The Morgan fingerprint density at radius 3 is 2.20 bits per heavy atom. The molecule has 6 nitrogen and oxygen atoms in total. The zero-order chi connectivity index (χ0) is 20.7. The van der Waals surface area contributed by atoms with Crippen LogP contribution < -0.4 is 169 Å². The molecule has 2 atom stereocenters. The van der Waals surface area contributed by atoms with E-state index in [-0.39, 0.29) is 161 Å². The molecule has 2 unspecified atom stereocenters. The van der Waals surface area contributed by atoms with Crippen LogP contribution in [0.15, 0.2) is 41.5 Å². The van der Waals surface area contributed by atoms with E-state index < -0.39 is 27.0 Å². The largest absolute Gasteiger partial charge is 1.00 e. The summed E-state index contributed by atoms with van der Waals surface area (Å²) in [5.41, 5.74) is 4.43. The van der Waals surface area contributed by atoms with Gasteiger partial charge in [-0.2, -0.15) is 0 Å². The van der Waals surface area contributed by atoms with Crippen LogP contribution in [0.4, 0.5) is 0 Å². The fraction of sp³-hybridized carbons (Fsp3) is 0.474. The van der Waals surface area contributed by atoms with Gasteiger partial charge in [-0.3, -0.25) is 0 Å². The molecule has 30 heavy (non-hydrogen) atoms. The summed E-state index contributed by atoms with van der Waals surface area (Å²) in [6.07, 6.45) is 6.36. The topological polar surface area (TPSA) is 124 Å². The average molecular weight is 531 g/mol. The standard InChI is InChI=1S/C19H30O6P2.3K/c1-15(2)7-4-8-16(3)13-18-11-5-9-17(14-18)10-6-12-19(26(20,21)22)27(23,24)25;;;/h5,7,9,11,13-14,19H,4,6,8,10,12H2,1-3H3,(H2,20,21,22)(H2,23,24,25);;;/q;3*+1/p-3/b16-13+;;;. The molecule has 0 saturated carbocycles. The first-order chi connectivity index (χ1) is 12.4. The smallest absolute Gasteiger partial charge is 0.810 e. The number of allylic oxidation sites excluding steroid dienone is 3. The maximum absolute atomic E-state index is 11.1. The quantitative estimate of drug-likeness (QED) is 0.183. The Morgan fingerprint density at radius 1 is 1.10 bits per heavy atom. The molecule has 0 saturated heterocycles. The van der Waals surface area contributed by atoms with Crippen molar-refractivity contribution in [2.24, 2.45) is 0 Å². The normalized spacial score (nSPS) is 14.3. The summed E-state index contributed by atoms with van der Waals surface area (Å²) in [7, 11) is -10.6. The van der Waals surface area contributed by atoms with Crippen LogP contribution >= 0.6 is 15.2 Å². The van der Waals surface area contributed by atoms with E-state index in [1.165, 1.54) is 11.1 Å². The molecule has 0 aliphatic carbocycles. The third-order valence-corrected chi connectivity index (χ3v) is 7.85. The molecule has 1 N–H and O–H groups in total. The van der Waals surface area contributed by atoms with E-state index in [4.69, 9.17) is 4.89 Å². The molecule has 0 aromatic heterocycles. The molecule has 0 fully saturated rings. The van der Waals surface area contributed by atoms with E-state index in [0.717, 1.165) is 24.0 Å². The van der Waals surface area contributed by atoms with E-state index in [1.54, 1.807) is 0 Å². The second-order valence-electron chi connectivity index (χ2n) is 7.03. The maximum Gasteiger partial charge on any atom is 1.00 e. The van der Waals surface area contributed by atoms with E-state index >= 15 is 0 Å². The molecule has 0 bridgehead atoms. The van der Waals surface area contributed by atoms with Gasteiger partial charge in [0.25, 0.3) is 0 Å². The van der Waals surface area contributed by atoms with Crippen molar-refractivity contribution in [2.75, 3.05) is 0 Å². The number of rotatable bonds is 10. The van der Waals surface area contributed by atoms with Gasteiger partial charge in [-0.05, 0) is 64.0 Å². The number of benzene rings is 1. The first-order valence-electron chi connectivity index (χ1n) is 8.84. The van der Waals surface area contributed by atoms with E-state index in [0.29, 0.717) is 6.42 Å². The van der Waals surface area contributed by atoms with Crippen LogP contribution in [0.5, 0.6) is 0 Å². The summed E-state index contributed by atoms with van der Waals surface area (Å²) < 4.78 is 22.2. The van der Waals surface area contributed by atoms with Crippen LogP contribution in [0.1, 0.15) is 57.6 Å². The van der Waals surface area contributed by atoms with Gasteiger partial charge >= 0.3 is 154 Å². The minimum absolute atomic E-state index is 0. The zero-order valence-electron chi connectivity index (χ0n) is 19.0. The molecule has 0 aliphatic rings. The third kappa shape index (κ3) is 17.4. The summed E-state index contributed by atoms with van der Waals surface area (Å²) in [4.78, 5) is 42.2. The molecule has 1 aromatic carbocycles. The molecule has 0 aliphatic heterocycles. The van der Waals surface area contributed by atoms with Gasteiger partial charge in [0.15, 0.2) is 0 Å². The van der Waals surface area contributed by atoms with Crippen molar-refractivity contribution >= 4 is 21.3 Å². The van der Waals surface area contributed by atoms with Crippen LogP contribution in [-0.2, 0) is 15.6 Å². The van der Waals surface area contributed by atoms with Crippen molar-refractivity contribution in [1.82, 2.24) is 0 Å². The molecule has 0 heterocycles. The summed E-state index contributed by atoms with van der Waals surface area (Å²) in [6, 6.07) is 7.64. The van der Waals surface area contributed by atoms with Crippen molar-refractivity contribution < 1.29 is 183 Å². The molecular formula is C19H27K3O6P2. The summed E-state index contributed by atoms with van der Waals surface area (Å²) in [6.45, 7) is 6.19. The Morgan fingerprint density at radius 2 is 1.70 bits per heavy atom. The van der Waals surface area contributed by atoms with Gasteiger partial charge in [0.2, 0.25) is 0 Å². The summed E-state index contributed by atoms with van der Waals surface area (Å²) in [5.74, 6) is 0. The third-order valence-electron chi connectivity index (χ3n) is 4.12. The second-order valence-corrected chi connectivity index (χ2v) is 10.9. The molecule has 1 rings (SSSR count). The van der Waals surface area contributed by atoms with Gasteiger partial charge in [-0.25, -0.2) is 0 Å². The van der Waals surface area contributed by atoms with Crippen molar-refractivity contribution in [3.8, 4) is 0 Å².